The Morgan fingerprint density at radius 2 is 1.96 bits per heavy atom. The van der Waals surface area contributed by atoms with Crippen LogP contribution in [-0.4, -0.2) is 30.3 Å². The Balaban J connectivity index is 2.08. The van der Waals surface area contributed by atoms with Gasteiger partial charge >= 0.3 is 5.97 Å². The van der Waals surface area contributed by atoms with E-state index in [0.29, 0.717) is 18.1 Å². The number of ether oxygens (including phenoxy) is 2. The minimum absolute atomic E-state index is 0.121. The Morgan fingerprint density at radius 3 is 2.54 bits per heavy atom. The van der Waals surface area contributed by atoms with Gasteiger partial charge in [0.05, 0.1) is 14.2 Å². The van der Waals surface area contributed by atoms with E-state index in [2.05, 4.69) is 4.98 Å². The highest BCUT2D eigenvalue weighted by Crippen LogP contribution is 2.63. The molecule has 0 aliphatic heterocycles. The van der Waals surface area contributed by atoms with Crippen molar-refractivity contribution in [3.63, 3.8) is 0 Å². The molecule has 126 valence electrons. The first-order valence-electron chi connectivity index (χ1n) is 7.84. The van der Waals surface area contributed by atoms with Gasteiger partial charge in [-0.15, -0.1) is 0 Å². The fraction of sp³-hybridized carbons (Fsp3) is 0.368. The third-order valence-electron chi connectivity index (χ3n) is 4.86. The van der Waals surface area contributed by atoms with Crippen molar-refractivity contribution in [3.05, 3.63) is 52.7 Å². The number of benzene rings is 1. The summed E-state index contributed by atoms with van der Waals surface area (Å²) in [6.45, 7) is 3.84. The normalized spacial score (nSPS) is 22.1. The van der Waals surface area contributed by atoms with Crippen molar-refractivity contribution < 1.29 is 19.4 Å². The summed E-state index contributed by atoms with van der Waals surface area (Å²) in [5.41, 5.74) is 2.54. The summed E-state index contributed by atoms with van der Waals surface area (Å²) < 4.78 is 10.6. The molecule has 0 spiro atoms. The van der Waals surface area contributed by atoms with Gasteiger partial charge in [-0.3, -0.25) is 4.79 Å². The summed E-state index contributed by atoms with van der Waals surface area (Å²) in [4.78, 5) is 16.6. The first-order valence-corrected chi connectivity index (χ1v) is 7.84. The molecule has 1 aliphatic carbocycles. The fourth-order valence-corrected chi connectivity index (χ4v) is 3.49. The number of hydrogen-bond acceptors (Lipinski definition) is 4. The topological polar surface area (TPSA) is 68.7 Å². The monoisotopic (exact) mass is 327 g/mol. The average Bonchev–Trinajstić information content (AvgIpc) is 3.31. The Labute approximate surface area is 141 Å². The average molecular weight is 327 g/mol. The summed E-state index contributed by atoms with van der Waals surface area (Å²) >= 11 is 0. The van der Waals surface area contributed by atoms with E-state index in [-0.39, 0.29) is 5.92 Å². The molecule has 1 saturated carbocycles. The highest BCUT2D eigenvalue weighted by Gasteiger charge is 2.63. The van der Waals surface area contributed by atoms with Crippen molar-refractivity contribution >= 4 is 5.97 Å². The van der Waals surface area contributed by atoms with Gasteiger partial charge in [0, 0.05) is 23.2 Å². The zero-order valence-electron chi connectivity index (χ0n) is 14.3. The second-order valence-electron chi connectivity index (χ2n) is 6.27. The van der Waals surface area contributed by atoms with Gasteiger partial charge in [0.1, 0.15) is 11.2 Å². The summed E-state index contributed by atoms with van der Waals surface area (Å²) in [6.07, 6.45) is 0.539. The van der Waals surface area contributed by atoms with Gasteiger partial charge in [0.2, 0.25) is 5.88 Å². The van der Waals surface area contributed by atoms with Gasteiger partial charge in [0.25, 0.3) is 0 Å². The van der Waals surface area contributed by atoms with E-state index in [1.54, 1.807) is 20.3 Å². The smallest absolute Gasteiger partial charge is 0.314 e. The zero-order chi connectivity index (χ0) is 17.5. The predicted octanol–water partition coefficient (Wildman–Crippen LogP) is 3.23. The van der Waals surface area contributed by atoms with Crippen LogP contribution >= 0.6 is 0 Å². The van der Waals surface area contributed by atoms with Crippen molar-refractivity contribution in [2.45, 2.75) is 31.6 Å². The highest BCUT2D eigenvalue weighted by atomic mass is 16.5. The number of rotatable bonds is 5. The minimum atomic E-state index is -0.960. The predicted molar refractivity (Wildman–Crippen MR) is 89.9 cm³/mol. The van der Waals surface area contributed by atoms with Crippen LogP contribution < -0.4 is 9.47 Å². The van der Waals surface area contributed by atoms with Gasteiger partial charge in [-0.2, -0.15) is 0 Å². The van der Waals surface area contributed by atoms with Crippen molar-refractivity contribution in [1.82, 2.24) is 4.98 Å². The highest BCUT2D eigenvalue weighted by molar-refractivity contribution is 5.89. The number of aliphatic carboxylic acids is 1. The van der Waals surface area contributed by atoms with Crippen molar-refractivity contribution in [2.75, 3.05) is 14.2 Å². The van der Waals surface area contributed by atoms with E-state index in [4.69, 9.17) is 9.47 Å². The SMILES string of the molecule is COc1ccc([C@H]2C[C@@]2(C(=O)O)c2cc(C)ccc2OC)c(C)n1. The molecule has 0 unspecified atom stereocenters. The number of methoxy groups -OCH3 is 2. The maximum atomic E-state index is 12.2. The fourth-order valence-electron chi connectivity index (χ4n) is 3.49. The molecule has 24 heavy (non-hydrogen) atoms. The summed E-state index contributed by atoms with van der Waals surface area (Å²) in [6, 6.07) is 9.37. The third-order valence-corrected chi connectivity index (χ3v) is 4.86. The van der Waals surface area contributed by atoms with Crippen LogP contribution in [0.4, 0.5) is 0 Å². The molecule has 5 nitrogen and oxygen atoms in total. The molecular weight excluding hydrogens is 306 g/mol. The number of hydrogen-bond donors (Lipinski definition) is 1. The van der Waals surface area contributed by atoms with Crippen LogP contribution in [0.5, 0.6) is 11.6 Å². The molecule has 1 aromatic heterocycles. The minimum Gasteiger partial charge on any atom is -0.496 e. The molecule has 1 fully saturated rings. The number of nitrogens with zero attached hydrogens (tertiary/aromatic N) is 1. The number of carboxylic acid groups (broad SMARTS) is 1. The van der Waals surface area contributed by atoms with Crippen LogP contribution in [0.2, 0.25) is 0 Å². The molecule has 0 saturated heterocycles. The molecular formula is C19H21NO4. The molecule has 2 aromatic rings. The Bertz CT molecular complexity index is 802. The second-order valence-corrected chi connectivity index (χ2v) is 6.27. The molecule has 5 heteroatoms. The molecule has 0 bridgehead atoms. The van der Waals surface area contributed by atoms with Crippen molar-refractivity contribution in [2.24, 2.45) is 0 Å². The number of pyridine rings is 1. The van der Waals surface area contributed by atoms with E-state index in [9.17, 15) is 9.90 Å². The Hall–Kier alpha value is -2.56. The largest absolute Gasteiger partial charge is 0.496 e. The van der Waals surface area contributed by atoms with Crippen LogP contribution in [0.15, 0.2) is 30.3 Å². The lowest BCUT2D eigenvalue weighted by atomic mass is 9.88. The lowest BCUT2D eigenvalue weighted by Crippen LogP contribution is -2.23. The summed E-state index contributed by atoms with van der Waals surface area (Å²) in [7, 11) is 3.14. The van der Waals surface area contributed by atoms with Crippen LogP contribution in [0, 0.1) is 13.8 Å². The molecule has 1 N–H and O–H groups in total. The third kappa shape index (κ3) is 2.40. The van der Waals surface area contributed by atoms with Gasteiger partial charge in [0.15, 0.2) is 0 Å². The first-order chi connectivity index (χ1) is 11.4. The van der Waals surface area contributed by atoms with Gasteiger partial charge < -0.3 is 14.6 Å². The van der Waals surface area contributed by atoms with Crippen LogP contribution in [0.3, 0.4) is 0 Å². The first kappa shape index (κ1) is 16.3. The Morgan fingerprint density at radius 1 is 1.21 bits per heavy atom. The summed E-state index contributed by atoms with van der Waals surface area (Å²) in [5.74, 6) is 0.200. The van der Waals surface area contributed by atoms with Crippen LogP contribution in [0.1, 0.15) is 34.7 Å². The lowest BCUT2D eigenvalue weighted by Gasteiger charge is -2.18. The van der Waals surface area contributed by atoms with Gasteiger partial charge in [-0.05, 0) is 31.9 Å². The Kier molecular flexibility index (Phi) is 3.95. The molecule has 1 aliphatic rings. The van der Waals surface area contributed by atoms with Crippen molar-refractivity contribution in [1.29, 1.82) is 0 Å². The maximum absolute atomic E-state index is 12.2. The van der Waals surface area contributed by atoms with Crippen LogP contribution in [0.25, 0.3) is 0 Å². The van der Waals surface area contributed by atoms with Crippen LogP contribution in [-0.2, 0) is 10.2 Å². The van der Waals surface area contributed by atoms with Crippen molar-refractivity contribution in [3.8, 4) is 11.6 Å². The van der Waals surface area contributed by atoms with Gasteiger partial charge in [-0.25, -0.2) is 4.98 Å². The standard InChI is InChI=1S/C19H21NO4/c1-11-5-7-16(23-3)14(9-11)19(18(21)22)10-15(19)13-6-8-17(24-4)20-12(13)2/h5-9,15H,10H2,1-4H3,(H,21,22)/t15-,19-/m1/s1. The molecule has 1 aromatic carbocycles. The molecule has 0 radical (unpaired) electrons. The zero-order valence-corrected chi connectivity index (χ0v) is 14.3. The summed E-state index contributed by atoms with van der Waals surface area (Å²) in [5, 5.41) is 9.99. The van der Waals surface area contributed by atoms with E-state index in [1.165, 1.54) is 0 Å². The molecule has 0 amide bonds. The van der Waals surface area contributed by atoms with E-state index >= 15 is 0 Å². The second kappa shape index (κ2) is 5.82. The number of carbonyl (C=O) groups is 1. The quantitative estimate of drug-likeness (QED) is 0.913. The van der Waals surface area contributed by atoms with Gasteiger partial charge in [-0.1, -0.05) is 23.8 Å². The molecule has 2 atom stereocenters. The number of carboxylic acids is 1. The lowest BCUT2D eigenvalue weighted by molar-refractivity contribution is -0.140. The van der Waals surface area contributed by atoms with E-state index < -0.39 is 11.4 Å². The molecule has 3 rings (SSSR count). The molecule has 1 heterocycles. The number of aryl methyl sites for hydroxylation is 2. The number of aromatic nitrogens is 1. The van der Waals surface area contributed by atoms with E-state index in [1.807, 2.05) is 38.1 Å². The maximum Gasteiger partial charge on any atom is 0.314 e. The van der Waals surface area contributed by atoms with E-state index in [0.717, 1.165) is 22.4 Å².